The van der Waals surface area contributed by atoms with Crippen LogP contribution in [0.3, 0.4) is 0 Å². The van der Waals surface area contributed by atoms with Crippen LogP contribution in [0.15, 0.2) is 9.59 Å². The molecule has 1 aromatic rings. The van der Waals surface area contributed by atoms with Crippen LogP contribution >= 0.6 is 0 Å². The number of nitrogens with zero attached hydrogens (tertiary/aromatic N) is 3. The van der Waals surface area contributed by atoms with Gasteiger partial charge in [-0.25, -0.2) is 23.5 Å². The maximum absolute atomic E-state index is 12.4. The third-order valence-corrected chi connectivity index (χ3v) is 5.30. The van der Waals surface area contributed by atoms with E-state index in [2.05, 4.69) is 0 Å². The molecule has 7 heteroatoms. The second-order valence-electron chi connectivity index (χ2n) is 6.14. The van der Waals surface area contributed by atoms with Crippen molar-refractivity contribution in [1.29, 1.82) is 0 Å². The minimum absolute atomic E-state index is 0.00250. The number of aromatic nitrogens is 3. The molecule has 1 saturated carbocycles. The maximum atomic E-state index is 12.4. The summed E-state index contributed by atoms with van der Waals surface area (Å²) in [6.45, 7) is 0.00501. The van der Waals surface area contributed by atoms with Gasteiger partial charge in [0.15, 0.2) is 0 Å². The van der Waals surface area contributed by atoms with Crippen LogP contribution in [-0.4, -0.2) is 37.4 Å². The van der Waals surface area contributed by atoms with Gasteiger partial charge >= 0.3 is 11.4 Å². The Morgan fingerprint density at radius 2 is 1.25 bits per heavy atom. The molecule has 7 nitrogen and oxygen atoms in total. The molecule has 0 aromatic carbocycles. The van der Waals surface area contributed by atoms with Gasteiger partial charge in [0.1, 0.15) is 0 Å². The first-order valence-electron chi connectivity index (χ1n) is 7.15. The summed E-state index contributed by atoms with van der Waals surface area (Å²) in [6, 6.07) is 0. The van der Waals surface area contributed by atoms with Gasteiger partial charge in [-0.1, -0.05) is 0 Å². The average Bonchev–Trinajstić information content (AvgIpc) is 2.68. The van der Waals surface area contributed by atoms with Crippen molar-refractivity contribution in [3.05, 3.63) is 21.0 Å². The number of hydrogen-bond acceptors (Lipinski definition) is 4. The van der Waals surface area contributed by atoms with Crippen LogP contribution in [0.25, 0.3) is 0 Å². The lowest BCUT2D eigenvalue weighted by Gasteiger charge is -2.54. The van der Waals surface area contributed by atoms with Crippen molar-refractivity contribution in [3.8, 4) is 0 Å². The number of aliphatic hydroxyl groups excluding tert-OH is 2. The van der Waals surface area contributed by atoms with Crippen molar-refractivity contribution >= 4 is 0 Å². The summed E-state index contributed by atoms with van der Waals surface area (Å²) in [5.74, 6) is 0. The SMILES string of the molecule is Cn1c(=O)n2n(c1=O)C1(CCO)CCC2(CCO)CC1. The smallest absolute Gasteiger partial charge is 0.347 e. The molecule has 0 saturated heterocycles. The molecule has 20 heavy (non-hydrogen) atoms. The van der Waals surface area contributed by atoms with Gasteiger partial charge in [0.25, 0.3) is 0 Å². The van der Waals surface area contributed by atoms with Gasteiger partial charge in [0.2, 0.25) is 0 Å². The zero-order valence-corrected chi connectivity index (χ0v) is 11.7. The standard InChI is InChI=1S/C13H21N3O4/c1-14-10(19)15-12(6-8-17)2-3-13(5-4-12,7-9-18)16(15)11(14)20/h17-18H,2-9H2,1H3. The molecule has 3 heterocycles. The van der Waals surface area contributed by atoms with Crippen LogP contribution in [0.2, 0.25) is 0 Å². The van der Waals surface area contributed by atoms with E-state index in [0.29, 0.717) is 12.8 Å². The van der Waals surface area contributed by atoms with Crippen molar-refractivity contribution in [2.45, 2.75) is 49.6 Å². The molecular formula is C13H21N3O4. The van der Waals surface area contributed by atoms with E-state index in [1.807, 2.05) is 0 Å². The van der Waals surface area contributed by atoms with E-state index in [1.54, 1.807) is 9.36 Å². The minimum atomic E-state index is -0.441. The Bertz CT molecular complexity index is 578. The third kappa shape index (κ3) is 1.47. The van der Waals surface area contributed by atoms with E-state index < -0.39 is 11.1 Å². The molecule has 2 N–H and O–H groups in total. The van der Waals surface area contributed by atoms with Crippen LogP contribution in [-0.2, 0) is 18.1 Å². The van der Waals surface area contributed by atoms with E-state index in [9.17, 15) is 19.8 Å². The van der Waals surface area contributed by atoms with Crippen molar-refractivity contribution in [1.82, 2.24) is 13.9 Å². The van der Waals surface area contributed by atoms with Crippen molar-refractivity contribution in [2.24, 2.45) is 7.05 Å². The Labute approximate surface area is 116 Å². The summed E-state index contributed by atoms with van der Waals surface area (Å²) in [5.41, 5.74) is -1.51. The largest absolute Gasteiger partial charge is 0.396 e. The molecule has 0 radical (unpaired) electrons. The Morgan fingerprint density at radius 3 is 1.55 bits per heavy atom. The van der Waals surface area contributed by atoms with E-state index in [0.717, 1.165) is 30.3 Å². The van der Waals surface area contributed by atoms with Gasteiger partial charge < -0.3 is 10.2 Å². The number of fused-ring (bicyclic) bond motifs is 2. The second-order valence-corrected chi connectivity index (χ2v) is 6.14. The normalized spacial score (nSPS) is 31.6. The van der Waals surface area contributed by atoms with E-state index >= 15 is 0 Å². The fourth-order valence-electron chi connectivity index (χ4n) is 4.10. The van der Waals surface area contributed by atoms with E-state index in [-0.39, 0.29) is 24.6 Å². The molecule has 0 unspecified atom stereocenters. The minimum Gasteiger partial charge on any atom is -0.396 e. The first-order valence-corrected chi connectivity index (χ1v) is 7.15. The molecule has 0 amide bonds. The molecule has 1 aromatic heterocycles. The number of aliphatic hydroxyl groups is 2. The lowest BCUT2D eigenvalue weighted by molar-refractivity contribution is -0.0476. The van der Waals surface area contributed by atoms with Crippen LogP contribution in [0.1, 0.15) is 38.5 Å². The van der Waals surface area contributed by atoms with E-state index in [4.69, 9.17) is 0 Å². The second kappa shape index (κ2) is 4.33. The van der Waals surface area contributed by atoms with Gasteiger partial charge in [-0.15, -0.1) is 0 Å². The highest BCUT2D eigenvalue weighted by molar-refractivity contribution is 5.06. The first-order chi connectivity index (χ1) is 9.51. The van der Waals surface area contributed by atoms with Crippen LogP contribution in [0.5, 0.6) is 0 Å². The zero-order chi connectivity index (χ0) is 14.5. The van der Waals surface area contributed by atoms with Gasteiger partial charge in [0.05, 0.1) is 11.1 Å². The highest BCUT2D eigenvalue weighted by Crippen LogP contribution is 2.50. The highest BCUT2D eigenvalue weighted by Gasteiger charge is 2.54. The molecule has 4 rings (SSSR count). The van der Waals surface area contributed by atoms with Crippen LogP contribution in [0, 0.1) is 0 Å². The van der Waals surface area contributed by atoms with E-state index in [1.165, 1.54) is 7.05 Å². The fraction of sp³-hybridized carbons (Fsp3) is 0.846. The van der Waals surface area contributed by atoms with Crippen molar-refractivity contribution < 1.29 is 10.2 Å². The predicted molar refractivity (Wildman–Crippen MR) is 71.8 cm³/mol. The molecule has 2 bridgehead atoms. The molecule has 1 fully saturated rings. The van der Waals surface area contributed by atoms with Gasteiger partial charge in [-0.05, 0) is 38.5 Å². The molecule has 0 atom stereocenters. The Kier molecular flexibility index (Phi) is 2.95. The molecule has 0 spiro atoms. The monoisotopic (exact) mass is 283 g/mol. The maximum Gasteiger partial charge on any atom is 0.347 e. The Morgan fingerprint density at radius 1 is 0.900 bits per heavy atom. The summed E-state index contributed by atoms with van der Waals surface area (Å²) in [6.07, 6.45) is 4.08. The number of hydrogen-bond donors (Lipinski definition) is 2. The Balaban J connectivity index is 2.29. The number of rotatable bonds is 4. The third-order valence-electron chi connectivity index (χ3n) is 5.30. The van der Waals surface area contributed by atoms with Crippen LogP contribution < -0.4 is 11.4 Å². The predicted octanol–water partition coefficient (Wildman–Crippen LogP) is -0.908. The summed E-state index contributed by atoms with van der Waals surface area (Å²) < 4.78 is 4.26. The molecule has 1 aliphatic carbocycles. The Hall–Kier alpha value is -1.34. The molecule has 2 aliphatic heterocycles. The van der Waals surface area contributed by atoms with Crippen LogP contribution in [0.4, 0.5) is 0 Å². The highest BCUT2D eigenvalue weighted by atomic mass is 16.3. The van der Waals surface area contributed by atoms with Crippen molar-refractivity contribution in [3.63, 3.8) is 0 Å². The zero-order valence-electron chi connectivity index (χ0n) is 11.7. The van der Waals surface area contributed by atoms with Crippen molar-refractivity contribution in [2.75, 3.05) is 13.2 Å². The summed E-state index contributed by atoms with van der Waals surface area (Å²) >= 11 is 0. The summed E-state index contributed by atoms with van der Waals surface area (Å²) in [4.78, 5) is 24.8. The first kappa shape index (κ1) is 13.6. The summed E-state index contributed by atoms with van der Waals surface area (Å²) in [5, 5.41) is 18.7. The summed E-state index contributed by atoms with van der Waals surface area (Å²) in [7, 11) is 1.49. The molecular weight excluding hydrogens is 262 g/mol. The van der Waals surface area contributed by atoms with Gasteiger partial charge in [-0.2, -0.15) is 0 Å². The molecule has 3 aliphatic rings. The molecule has 112 valence electrons. The lowest BCUT2D eigenvalue weighted by atomic mass is 9.67. The fourth-order valence-corrected chi connectivity index (χ4v) is 4.10. The lowest BCUT2D eigenvalue weighted by Crippen LogP contribution is -2.61. The quantitative estimate of drug-likeness (QED) is 0.749. The van der Waals surface area contributed by atoms with Gasteiger partial charge in [0, 0.05) is 20.3 Å². The average molecular weight is 283 g/mol. The topological polar surface area (TPSA) is 89.4 Å². The van der Waals surface area contributed by atoms with Gasteiger partial charge in [-0.3, -0.25) is 0 Å².